The summed E-state index contributed by atoms with van der Waals surface area (Å²) < 4.78 is 10.7. The lowest BCUT2D eigenvalue weighted by Crippen LogP contribution is -2.50. The zero-order chi connectivity index (χ0) is 17.5. The van der Waals surface area contributed by atoms with Crippen molar-refractivity contribution < 1.29 is 9.47 Å². The molecule has 0 atom stereocenters. The van der Waals surface area contributed by atoms with Crippen molar-refractivity contribution in [3.63, 3.8) is 0 Å². The van der Waals surface area contributed by atoms with Crippen LogP contribution in [0.15, 0.2) is 18.2 Å². The quantitative estimate of drug-likeness (QED) is 0.792. The highest BCUT2D eigenvalue weighted by Crippen LogP contribution is 2.28. The number of likely N-dealkylation sites (tertiary alicyclic amines) is 1. The van der Waals surface area contributed by atoms with Crippen molar-refractivity contribution in [1.82, 2.24) is 15.1 Å². The highest BCUT2D eigenvalue weighted by atomic mass is 32.1. The lowest BCUT2D eigenvalue weighted by atomic mass is 10.0. The van der Waals surface area contributed by atoms with Gasteiger partial charge in [-0.2, -0.15) is 0 Å². The molecule has 0 amide bonds. The predicted octanol–water partition coefficient (Wildman–Crippen LogP) is 2.15. The van der Waals surface area contributed by atoms with Crippen molar-refractivity contribution in [3.8, 4) is 11.5 Å². The van der Waals surface area contributed by atoms with E-state index in [0.29, 0.717) is 6.04 Å². The molecule has 0 bridgehead atoms. The maximum atomic E-state index is 5.55. The van der Waals surface area contributed by atoms with Gasteiger partial charge in [0.25, 0.3) is 0 Å². The number of benzene rings is 1. The third-order valence-corrected chi connectivity index (χ3v) is 5.13. The molecule has 0 aromatic heterocycles. The third-order valence-electron chi connectivity index (χ3n) is 4.69. The van der Waals surface area contributed by atoms with E-state index in [1.807, 2.05) is 19.2 Å². The van der Waals surface area contributed by atoms with E-state index >= 15 is 0 Å². The monoisotopic (exact) mass is 351 g/mol. The van der Waals surface area contributed by atoms with Gasteiger partial charge >= 0.3 is 0 Å². The molecule has 134 valence electrons. The Balaban J connectivity index is 2.03. The molecule has 1 aromatic carbocycles. The molecule has 1 saturated heterocycles. The Labute approximate surface area is 150 Å². The summed E-state index contributed by atoms with van der Waals surface area (Å²) in [5.41, 5.74) is 1.23. The summed E-state index contributed by atoms with van der Waals surface area (Å²) in [5, 5.41) is 3.99. The summed E-state index contributed by atoms with van der Waals surface area (Å²) in [6.45, 7) is 3.16. The van der Waals surface area contributed by atoms with Crippen molar-refractivity contribution in [2.45, 2.75) is 25.3 Å². The molecule has 1 fully saturated rings. The summed E-state index contributed by atoms with van der Waals surface area (Å²) in [7, 11) is 7.41. The minimum absolute atomic E-state index is 0.515. The molecule has 1 aliphatic rings. The maximum absolute atomic E-state index is 5.55. The average Bonchev–Trinajstić information content (AvgIpc) is 2.62. The van der Waals surface area contributed by atoms with E-state index in [1.54, 1.807) is 14.2 Å². The van der Waals surface area contributed by atoms with Gasteiger partial charge in [-0.15, -0.1) is 0 Å². The van der Waals surface area contributed by atoms with Crippen LogP contribution in [0.3, 0.4) is 0 Å². The first kappa shape index (κ1) is 18.8. The van der Waals surface area contributed by atoms with Gasteiger partial charge in [0.1, 0.15) is 0 Å². The Morgan fingerprint density at radius 2 is 1.92 bits per heavy atom. The molecule has 1 aromatic rings. The summed E-state index contributed by atoms with van der Waals surface area (Å²) in [4.78, 5) is 4.73. The predicted molar refractivity (Wildman–Crippen MR) is 102 cm³/mol. The Bertz CT molecular complexity index is 545. The van der Waals surface area contributed by atoms with E-state index in [0.717, 1.165) is 55.5 Å². The summed E-state index contributed by atoms with van der Waals surface area (Å²) in [6, 6.07) is 6.62. The minimum Gasteiger partial charge on any atom is -0.493 e. The average molecular weight is 352 g/mol. The van der Waals surface area contributed by atoms with Crippen LogP contribution < -0.4 is 14.8 Å². The fourth-order valence-corrected chi connectivity index (χ4v) is 3.43. The molecule has 0 spiro atoms. The van der Waals surface area contributed by atoms with Crippen molar-refractivity contribution in [2.75, 3.05) is 47.9 Å². The lowest BCUT2D eigenvalue weighted by molar-refractivity contribution is 0.176. The minimum atomic E-state index is 0.515. The molecule has 24 heavy (non-hydrogen) atoms. The smallest absolute Gasteiger partial charge is 0.168 e. The molecule has 0 unspecified atom stereocenters. The number of nitrogens with zero attached hydrogens (tertiary/aromatic N) is 2. The summed E-state index contributed by atoms with van der Waals surface area (Å²) in [6.07, 6.45) is 3.24. The van der Waals surface area contributed by atoms with Gasteiger partial charge in [-0.1, -0.05) is 6.07 Å². The molecule has 1 aliphatic heterocycles. The van der Waals surface area contributed by atoms with E-state index in [9.17, 15) is 0 Å². The molecule has 0 saturated carbocycles. The van der Waals surface area contributed by atoms with E-state index < -0.39 is 0 Å². The van der Waals surface area contributed by atoms with E-state index in [1.165, 1.54) is 5.56 Å². The highest BCUT2D eigenvalue weighted by Gasteiger charge is 2.24. The largest absolute Gasteiger partial charge is 0.493 e. The molecule has 1 heterocycles. The van der Waals surface area contributed by atoms with Crippen LogP contribution in [0.4, 0.5) is 0 Å². The van der Waals surface area contributed by atoms with Gasteiger partial charge in [-0.3, -0.25) is 0 Å². The molecule has 5 nitrogen and oxygen atoms in total. The number of hydrogen-bond donors (Lipinski definition) is 1. The SMILES string of the molecule is CNC(=S)N(CCc1ccc(OC)c(OC)c1)C1CCN(C)CC1. The second-order valence-electron chi connectivity index (χ2n) is 6.22. The van der Waals surface area contributed by atoms with Gasteiger partial charge in [0.2, 0.25) is 0 Å². The molecular formula is C18H29N3O2S. The zero-order valence-corrected chi connectivity index (χ0v) is 16.0. The Morgan fingerprint density at radius 3 is 2.50 bits per heavy atom. The molecule has 1 N–H and O–H groups in total. The van der Waals surface area contributed by atoms with Gasteiger partial charge in [-0.05, 0) is 69.3 Å². The Kier molecular flexibility index (Phi) is 7.12. The summed E-state index contributed by atoms with van der Waals surface area (Å²) >= 11 is 5.55. The highest BCUT2D eigenvalue weighted by molar-refractivity contribution is 7.80. The van der Waals surface area contributed by atoms with Crippen LogP contribution in [0, 0.1) is 0 Å². The van der Waals surface area contributed by atoms with Crippen LogP contribution in [0.1, 0.15) is 18.4 Å². The first-order valence-corrected chi connectivity index (χ1v) is 8.87. The topological polar surface area (TPSA) is 37.0 Å². The molecule has 6 heteroatoms. The van der Waals surface area contributed by atoms with Crippen molar-refractivity contribution in [1.29, 1.82) is 0 Å². The number of rotatable bonds is 6. The van der Waals surface area contributed by atoms with Gasteiger partial charge in [0, 0.05) is 19.6 Å². The number of hydrogen-bond acceptors (Lipinski definition) is 4. The van der Waals surface area contributed by atoms with Crippen LogP contribution in [-0.2, 0) is 6.42 Å². The maximum Gasteiger partial charge on any atom is 0.168 e. The fraction of sp³-hybridized carbons (Fsp3) is 0.611. The van der Waals surface area contributed by atoms with E-state index in [-0.39, 0.29) is 0 Å². The number of methoxy groups -OCH3 is 2. The number of ether oxygens (including phenoxy) is 2. The van der Waals surface area contributed by atoms with E-state index in [4.69, 9.17) is 21.7 Å². The Hall–Kier alpha value is -1.53. The molecule has 2 rings (SSSR count). The number of piperidine rings is 1. The van der Waals surface area contributed by atoms with Crippen LogP contribution in [-0.4, -0.2) is 68.9 Å². The standard InChI is InChI=1S/C18H29N3O2S/c1-19-18(24)21(15-8-10-20(2)11-9-15)12-7-14-5-6-16(22-3)17(13-14)23-4/h5-6,13,15H,7-12H2,1-4H3,(H,19,24). The number of nitrogens with one attached hydrogen (secondary N) is 1. The second-order valence-corrected chi connectivity index (χ2v) is 6.61. The van der Waals surface area contributed by atoms with Crippen LogP contribution in [0.25, 0.3) is 0 Å². The second kappa shape index (κ2) is 9.08. The molecular weight excluding hydrogens is 322 g/mol. The summed E-state index contributed by atoms with van der Waals surface area (Å²) in [5.74, 6) is 1.54. The fourth-order valence-electron chi connectivity index (χ4n) is 3.19. The van der Waals surface area contributed by atoms with Crippen molar-refractivity contribution in [2.24, 2.45) is 0 Å². The van der Waals surface area contributed by atoms with Gasteiger partial charge in [0.05, 0.1) is 14.2 Å². The normalized spacial score (nSPS) is 15.8. The van der Waals surface area contributed by atoms with Crippen LogP contribution in [0.5, 0.6) is 11.5 Å². The van der Waals surface area contributed by atoms with Crippen molar-refractivity contribution in [3.05, 3.63) is 23.8 Å². The lowest BCUT2D eigenvalue weighted by Gasteiger charge is -2.38. The molecule has 0 radical (unpaired) electrons. The van der Waals surface area contributed by atoms with Gasteiger partial charge in [-0.25, -0.2) is 0 Å². The molecule has 0 aliphatic carbocycles. The third kappa shape index (κ3) is 4.74. The van der Waals surface area contributed by atoms with E-state index in [2.05, 4.69) is 28.2 Å². The van der Waals surface area contributed by atoms with Crippen LogP contribution >= 0.6 is 12.2 Å². The first-order chi connectivity index (χ1) is 11.6. The van der Waals surface area contributed by atoms with Gasteiger partial charge in [0.15, 0.2) is 16.6 Å². The number of thiocarbonyl (C=S) groups is 1. The first-order valence-electron chi connectivity index (χ1n) is 8.46. The van der Waals surface area contributed by atoms with Crippen molar-refractivity contribution >= 4 is 17.3 Å². The zero-order valence-electron chi connectivity index (χ0n) is 15.2. The Morgan fingerprint density at radius 1 is 1.25 bits per heavy atom. The van der Waals surface area contributed by atoms with Gasteiger partial charge < -0.3 is 24.6 Å². The van der Waals surface area contributed by atoms with Crippen LogP contribution in [0.2, 0.25) is 0 Å².